The third-order valence-electron chi connectivity index (χ3n) is 9.95. The van der Waals surface area contributed by atoms with Crippen molar-refractivity contribution in [3.63, 3.8) is 0 Å². The molecule has 3 N–H and O–H groups in total. The fourth-order valence-corrected chi connectivity index (χ4v) is 7.74. The summed E-state index contributed by atoms with van der Waals surface area (Å²) in [6.07, 6.45) is 3.74. The zero-order valence-electron chi connectivity index (χ0n) is 20.1. The summed E-state index contributed by atoms with van der Waals surface area (Å²) in [6.45, 7) is 10.5. The first-order valence-corrected chi connectivity index (χ1v) is 12.1. The minimum atomic E-state index is -1.06. The molecule has 2 aliphatic heterocycles. The number of hydrogen-bond acceptors (Lipinski definition) is 5. The average molecular weight is 458 g/mol. The Morgan fingerprint density at radius 2 is 1.91 bits per heavy atom. The van der Waals surface area contributed by atoms with Gasteiger partial charge >= 0.3 is 5.97 Å². The molecule has 2 aliphatic carbocycles. The van der Waals surface area contributed by atoms with Gasteiger partial charge in [0.15, 0.2) is 0 Å². The fourth-order valence-electron chi connectivity index (χ4n) is 7.74. The van der Waals surface area contributed by atoms with E-state index in [9.17, 15) is 24.9 Å². The lowest BCUT2D eigenvalue weighted by Gasteiger charge is -2.64. The molecule has 2 fully saturated rings. The average Bonchev–Trinajstić information content (AvgIpc) is 3.30. The number of nitrogens with zero attached hydrogens (tertiary/aromatic N) is 1. The summed E-state index contributed by atoms with van der Waals surface area (Å²) in [6, 6.07) is 0.532. The van der Waals surface area contributed by atoms with Gasteiger partial charge in [-0.1, -0.05) is 27.7 Å². The molecule has 0 unspecified atom stereocenters. The Hall–Kier alpha value is -2.28. The van der Waals surface area contributed by atoms with Crippen LogP contribution in [0.25, 0.3) is 0 Å². The van der Waals surface area contributed by atoms with Crippen LogP contribution in [0.1, 0.15) is 81.8 Å². The van der Waals surface area contributed by atoms with Crippen LogP contribution in [-0.4, -0.2) is 49.8 Å². The van der Waals surface area contributed by atoms with Crippen LogP contribution in [0.15, 0.2) is 6.07 Å². The van der Waals surface area contributed by atoms with E-state index < -0.39 is 17.6 Å². The van der Waals surface area contributed by atoms with Gasteiger partial charge in [0.2, 0.25) is 0 Å². The fraction of sp³-hybridized carbons (Fsp3) is 0.692. The number of phenolic OH excluding ortho intramolecular Hbond substituents is 1. The molecule has 7 nitrogen and oxygen atoms in total. The Kier molecular flexibility index (Phi) is 4.69. The smallest absolute Gasteiger partial charge is 0.326 e. The number of rotatable bonds is 2. The van der Waals surface area contributed by atoms with E-state index in [4.69, 9.17) is 4.74 Å². The summed E-state index contributed by atoms with van der Waals surface area (Å²) in [5.74, 6) is -0.333. The molecule has 0 bridgehead atoms. The summed E-state index contributed by atoms with van der Waals surface area (Å²) in [5.41, 5.74) is 0.752. The lowest BCUT2D eigenvalue weighted by molar-refractivity contribution is -0.210. The van der Waals surface area contributed by atoms with E-state index in [1.54, 1.807) is 0 Å². The molecule has 1 aromatic rings. The first-order chi connectivity index (χ1) is 15.3. The van der Waals surface area contributed by atoms with Crippen molar-refractivity contribution in [3.8, 4) is 11.5 Å². The molecular weight excluding hydrogens is 422 g/mol. The molecule has 7 heteroatoms. The van der Waals surface area contributed by atoms with Gasteiger partial charge in [0.25, 0.3) is 5.91 Å². The van der Waals surface area contributed by atoms with Crippen LogP contribution >= 0.6 is 0 Å². The van der Waals surface area contributed by atoms with Crippen molar-refractivity contribution in [2.75, 3.05) is 0 Å². The Morgan fingerprint density at radius 1 is 1.21 bits per heavy atom. The number of aromatic hydroxyl groups is 1. The molecule has 1 aromatic carbocycles. The lowest BCUT2D eigenvalue weighted by atomic mass is 9.43. The molecule has 0 aromatic heterocycles. The van der Waals surface area contributed by atoms with Crippen LogP contribution in [0.5, 0.6) is 11.5 Å². The van der Waals surface area contributed by atoms with Crippen LogP contribution in [0.3, 0.4) is 0 Å². The Bertz CT molecular complexity index is 1050. The molecular formula is C26H35NO6. The first kappa shape index (κ1) is 22.5. The summed E-state index contributed by atoms with van der Waals surface area (Å²) in [7, 11) is 0. The second-order valence-corrected chi connectivity index (χ2v) is 11.7. The Labute approximate surface area is 194 Å². The summed E-state index contributed by atoms with van der Waals surface area (Å²) < 4.78 is 6.94. The number of carboxylic acid groups (broad SMARTS) is 1. The number of phenols is 1. The monoisotopic (exact) mass is 457 g/mol. The van der Waals surface area contributed by atoms with Gasteiger partial charge < -0.3 is 25.0 Å². The third-order valence-corrected chi connectivity index (χ3v) is 9.95. The standard InChI is InChI=1S/C26H35NO6/c1-13-6-7-19-24(3,4)20(29)8-9-25(19,5)26(13)11-16-18(28)10-15-17(21(16)33-26)12-27(22(15)30)14(2)23(31)32/h10,13-14,19-20,28-29H,6-9,11-12H2,1-5H3,(H,31,32)/t13-,14-,19-,20-,25+,26-/m1/s1. The highest BCUT2D eigenvalue weighted by Crippen LogP contribution is 2.67. The number of amides is 1. The van der Waals surface area contributed by atoms with E-state index in [0.29, 0.717) is 29.7 Å². The number of hydrogen-bond donors (Lipinski definition) is 3. The summed E-state index contributed by atoms with van der Waals surface area (Å²) in [5, 5.41) is 31.2. The number of fused-ring (bicyclic) bond motifs is 5. The second kappa shape index (κ2) is 6.87. The summed E-state index contributed by atoms with van der Waals surface area (Å²) in [4.78, 5) is 25.9. The van der Waals surface area contributed by atoms with Crippen molar-refractivity contribution in [2.45, 2.75) is 91.0 Å². The van der Waals surface area contributed by atoms with Crippen LogP contribution in [-0.2, 0) is 17.8 Å². The Balaban J connectivity index is 1.60. The molecule has 2 heterocycles. The van der Waals surface area contributed by atoms with E-state index in [1.165, 1.54) is 17.9 Å². The SMILES string of the molecule is C[C@H](C(=O)O)N1Cc2c(cc(O)c3c2O[C@]2(C3)[C@H](C)CC[C@@H]3C(C)(C)[C@H](O)CC[C@@]32C)C1=O. The highest BCUT2D eigenvalue weighted by molar-refractivity contribution is 6.02. The van der Waals surface area contributed by atoms with Gasteiger partial charge in [-0.15, -0.1) is 0 Å². The van der Waals surface area contributed by atoms with Gasteiger partial charge in [0.05, 0.1) is 18.2 Å². The quantitative estimate of drug-likeness (QED) is 0.625. The topological polar surface area (TPSA) is 107 Å². The van der Waals surface area contributed by atoms with Gasteiger partial charge in [-0.05, 0) is 55.9 Å². The predicted octanol–water partition coefficient (Wildman–Crippen LogP) is 3.73. The third kappa shape index (κ3) is 2.71. The molecule has 180 valence electrons. The van der Waals surface area contributed by atoms with Crippen molar-refractivity contribution in [1.29, 1.82) is 0 Å². The van der Waals surface area contributed by atoms with Crippen molar-refractivity contribution < 1.29 is 29.6 Å². The van der Waals surface area contributed by atoms with E-state index in [1.807, 2.05) is 0 Å². The minimum absolute atomic E-state index is 0.0480. The maximum absolute atomic E-state index is 13.0. The van der Waals surface area contributed by atoms with Gasteiger partial charge in [0.1, 0.15) is 23.1 Å². The highest BCUT2D eigenvalue weighted by atomic mass is 16.5. The number of benzene rings is 1. The molecule has 4 aliphatic rings. The molecule has 5 rings (SSSR count). The number of carbonyl (C=O) groups excluding carboxylic acids is 1. The number of carbonyl (C=O) groups is 2. The normalized spacial score (nSPS) is 37.3. The zero-order chi connectivity index (χ0) is 24.1. The first-order valence-electron chi connectivity index (χ1n) is 12.1. The van der Waals surface area contributed by atoms with Crippen LogP contribution < -0.4 is 4.74 Å². The number of aliphatic hydroxyl groups is 1. The number of aliphatic carboxylic acids is 1. The van der Waals surface area contributed by atoms with Crippen molar-refractivity contribution in [3.05, 3.63) is 22.8 Å². The van der Waals surface area contributed by atoms with Crippen molar-refractivity contribution >= 4 is 11.9 Å². The molecule has 0 saturated heterocycles. The van der Waals surface area contributed by atoms with E-state index in [2.05, 4.69) is 27.7 Å². The molecule has 1 spiro atoms. The number of aliphatic hydroxyl groups excluding tert-OH is 1. The van der Waals surface area contributed by atoms with Gasteiger partial charge in [-0.25, -0.2) is 4.79 Å². The zero-order valence-corrected chi connectivity index (χ0v) is 20.1. The predicted molar refractivity (Wildman–Crippen MR) is 121 cm³/mol. The van der Waals surface area contributed by atoms with E-state index in [-0.39, 0.29) is 47.0 Å². The van der Waals surface area contributed by atoms with E-state index >= 15 is 0 Å². The molecule has 6 atom stereocenters. The molecule has 2 saturated carbocycles. The van der Waals surface area contributed by atoms with Crippen LogP contribution in [0, 0.1) is 22.7 Å². The number of ether oxygens (including phenoxy) is 1. The Morgan fingerprint density at radius 3 is 2.58 bits per heavy atom. The van der Waals surface area contributed by atoms with Gasteiger partial charge in [0, 0.05) is 23.0 Å². The van der Waals surface area contributed by atoms with Crippen molar-refractivity contribution in [2.24, 2.45) is 22.7 Å². The maximum atomic E-state index is 13.0. The van der Waals surface area contributed by atoms with Gasteiger partial charge in [-0.3, -0.25) is 4.79 Å². The van der Waals surface area contributed by atoms with E-state index in [0.717, 1.165) is 24.8 Å². The van der Waals surface area contributed by atoms with Crippen molar-refractivity contribution in [1.82, 2.24) is 4.90 Å². The summed E-state index contributed by atoms with van der Waals surface area (Å²) >= 11 is 0. The molecule has 0 radical (unpaired) electrons. The maximum Gasteiger partial charge on any atom is 0.326 e. The molecule has 33 heavy (non-hydrogen) atoms. The molecule has 1 amide bonds. The largest absolute Gasteiger partial charge is 0.508 e. The second-order valence-electron chi connectivity index (χ2n) is 11.7. The van der Waals surface area contributed by atoms with Gasteiger partial charge in [-0.2, -0.15) is 0 Å². The van der Waals surface area contributed by atoms with Crippen LogP contribution in [0.2, 0.25) is 0 Å². The van der Waals surface area contributed by atoms with Crippen LogP contribution in [0.4, 0.5) is 0 Å². The highest BCUT2D eigenvalue weighted by Gasteiger charge is 2.67. The number of carboxylic acids is 1. The minimum Gasteiger partial charge on any atom is -0.508 e. The lowest BCUT2D eigenvalue weighted by Crippen LogP contribution is -2.66.